The quantitative estimate of drug-likeness (QED) is 0.366. The number of rotatable bonds is 6. The summed E-state index contributed by atoms with van der Waals surface area (Å²) >= 11 is 2.25. The van der Waals surface area contributed by atoms with Crippen LogP contribution in [0, 0.1) is 15.4 Å². The Morgan fingerprint density at radius 2 is 1.76 bits per heavy atom. The number of fused-ring (bicyclic) bond motifs is 3. The lowest BCUT2D eigenvalue weighted by Crippen LogP contribution is -2.48. The molecule has 7 nitrogen and oxygen atoms in total. The van der Waals surface area contributed by atoms with Crippen molar-refractivity contribution in [2.24, 2.45) is 11.8 Å². The minimum Gasteiger partial charge on any atom is -0.394 e. The van der Waals surface area contributed by atoms with Crippen molar-refractivity contribution >= 4 is 40.1 Å². The van der Waals surface area contributed by atoms with Crippen molar-refractivity contribution in [1.82, 2.24) is 4.90 Å². The van der Waals surface area contributed by atoms with E-state index in [-0.39, 0.29) is 30.9 Å². The van der Waals surface area contributed by atoms with E-state index >= 15 is 0 Å². The molecule has 3 heterocycles. The highest BCUT2D eigenvalue weighted by Gasteiger charge is 2.66. The van der Waals surface area contributed by atoms with Gasteiger partial charge in [-0.05, 0) is 77.7 Å². The molecule has 3 aliphatic rings. The fraction of sp³-hybridized carbons (Fsp3) is 0.412. The molecule has 2 amide bonds. The van der Waals surface area contributed by atoms with Crippen LogP contribution in [0.4, 0.5) is 5.69 Å². The van der Waals surface area contributed by atoms with Crippen molar-refractivity contribution in [3.05, 3.63) is 98.6 Å². The molecule has 5 atom stereocenters. The molecule has 3 aromatic rings. The van der Waals surface area contributed by atoms with Crippen LogP contribution in [0.15, 0.2) is 72.8 Å². The maximum Gasteiger partial charge on any atom is 0.264 e. The average Bonchev–Trinajstić information content (AvgIpc) is 3.39. The monoisotopic (exact) mass is 680 g/mol. The van der Waals surface area contributed by atoms with E-state index in [0.29, 0.717) is 19.5 Å². The highest BCUT2D eigenvalue weighted by molar-refractivity contribution is 14.1. The number of benzene rings is 3. The smallest absolute Gasteiger partial charge is 0.264 e. The topological polar surface area (TPSA) is 90.3 Å². The van der Waals surface area contributed by atoms with Crippen molar-refractivity contribution in [2.45, 2.75) is 70.1 Å². The fourth-order valence-corrected chi connectivity index (χ4v) is 8.00. The number of hydrogen-bond acceptors (Lipinski definition) is 5. The third-order valence-corrected chi connectivity index (χ3v) is 10.1. The Hall–Kier alpha value is -2.79. The second-order valence-electron chi connectivity index (χ2n) is 12.4. The van der Waals surface area contributed by atoms with Gasteiger partial charge in [-0.25, -0.2) is 0 Å². The number of nitrogens with zero attached hydrogens (tertiary/aromatic N) is 2. The summed E-state index contributed by atoms with van der Waals surface area (Å²) in [6.07, 6.45) is -0.113. The van der Waals surface area contributed by atoms with Crippen molar-refractivity contribution in [3.63, 3.8) is 0 Å². The minimum atomic E-state index is -1.33. The molecule has 0 bridgehead atoms. The van der Waals surface area contributed by atoms with E-state index in [1.807, 2.05) is 79.7 Å². The van der Waals surface area contributed by atoms with Gasteiger partial charge in [0, 0.05) is 27.5 Å². The third-order valence-electron chi connectivity index (χ3n) is 9.39. The van der Waals surface area contributed by atoms with E-state index in [1.54, 1.807) is 23.6 Å². The predicted molar refractivity (Wildman–Crippen MR) is 168 cm³/mol. The van der Waals surface area contributed by atoms with E-state index in [1.165, 1.54) is 0 Å². The Kier molecular flexibility index (Phi) is 7.70. The molecular weight excluding hydrogens is 643 g/mol. The molecule has 1 fully saturated rings. The zero-order chi connectivity index (χ0) is 29.8. The van der Waals surface area contributed by atoms with Gasteiger partial charge in [0.05, 0.1) is 43.0 Å². The fourth-order valence-electron chi connectivity index (χ4n) is 7.50. The van der Waals surface area contributed by atoms with Gasteiger partial charge in [0.15, 0.2) is 5.60 Å². The number of halogens is 1. The Balaban J connectivity index is 1.36. The van der Waals surface area contributed by atoms with Crippen LogP contribution in [0.2, 0.25) is 0 Å². The summed E-state index contributed by atoms with van der Waals surface area (Å²) in [6.45, 7) is 6.10. The molecule has 3 aromatic carbocycles. The molecule has 0 radical (unpaired) electrons. The maximum atomic E-state index is 14.5. The molecular formula is C34H37IN2O5. The van der Waals surface area contributed by atoms with Gasteiger partial charge in [-0.3, -0.25) is 9.59 Å². The predicted octanol–water partition coefficient (Wildman–Crippen LogP) is 4.79. The summed E-state index contributed by atoms with van der Waals surface area (Å²) < 4.78 is 7.84. The first kappa shape index (κ1) is 29.3. The minimum absolute atomic E-state index is 0.00460. The van der Waals surface area contributed by atoms with Gasteiger partial charge in [-0.2, -0.15) is 0 Å². The average molecular weight is 681 g/mol. The van der Waals surface area contributed by atoms with Crippen molar-refractivity contribution in [2.75, 3.05) is 11.5 Å². The molecule has 220 valence electrons. The summed E-state index contributed by atoms with van der Waals surface area (Å²) in [6, 6.07) is 23.5. The largest absolute Gasteiger partial charge is 0.394 e. The standard InChI is InChI=1S/C34H37IN2O5/c1-21-31(33(2,3)41)29(17-30(39)36-19-24-12-8-7-11-23(24)15-26(36)20-38)42-34(21)27-16-25(35)13-14-28(27)37(32(34)40)18-22-9-5-4-6-10-22/h4-14,16,21,26,29,31,38,41H,15,17-20H2,1-3H3/t21-,26+,29+,31-,34+/m1/s1. The molecule has 0 unspecified atom stereocenters. The molecule has 0 aliphatic carbocycles. The lowest BCUT2D eigenvalue weighted by molar-refractivity contribution is -0.151. The zero-order valence-electron chi connectivity index (χ0n) is 24.2. The summed E-state index contributed by atoms with van der Waals surface area (Å²) in [4.78, 5) is 32.0. The third kappa shape index (κ3) is 4.86. The Bertz CT molecular complexity index is 1510. The van der Waals surface area contributed by atoms with Crippen molar-refractivity contribution < 1.29 is 24.5 Å². The summed E-state index contributed by atoms with van der Waals surface area (Å²) in [7, 11) is 0. The van der Waals surface area contributed by atoms with Crippen LogP contribution in [0.25, 0.3) is 0 Å². The second-order valence-corrected chi connectivity index (χ2v) is 13.7. The van der Waals surface area contributed by atoms with Crippen LogP contribution in [-0.2, 0) is 39.4 Å². The molecule has 1 saturated heterocycles. The molecule has 3 aliphatic heterocycles. The number of aliphatic hydroxyl groups is 2. The molecule has 8 heteroatoms. The van der Waals surface area contributed by atoms with Gasteiger partial charge in [-0.1, -0.05) is 61.5 Å². The van der Waals surface area contributed by atoms with E-state index in [4.69, 9.17) is 4.74 Å². The normalized spacial score (nSPS) is 27.0. The Morgan fingerprint density at radius 1 is 1.07 bits per heavy atom. The maximum absolute atomic E-state index is 14.5. The molecule has 0 aromatic heterocycles. The van der Waals surface area contributed by atoms with E-state index < -0.39 is 29.1 Å². The lowest BCUT2D eigenvalue weighted by atomic mass is 9.70. The number of amides is 2. The number of aliphatic hydroxyl groups excluding tert-OH is 1. The summed E-state index contributed by atoms with van der Waals surface area (Å²) in [5, 5.41) is 21.7. The number of carbonyl (C=O) groups excluding carboxylic acids is 2. The highest BCUT2D eigenvalue weighted by atomic mass is 127. The first-order chi connectivity index (χ1) is 20.0. The number of anilines is 1. The van der Waals surface area contributed by atoms with Crippen molar-refractivity contribution in [1.29, 1.82) is 0 Å². The Labute approximate surface area is 260 Å². The SMILES string of the molecule is C[C@@H]1[C@@H](C(C)(C)O)[C@H](CC(=O)N2Cc3ccccc3C[C@H]2CO)O[C@@]12C(=O)N(Cc1ccccc1)c1ccc(I)cc12. The van der Waals surface area contributed by atoms with Gasteiger partial charge in [0.25, 0.3) is 5.91 Å². The zero-order valence-corrected chi connectivity index (χ0v) is 26.3. The second kappa shape index (κ2) is 11.0. The molecule has 6 rings (SSSR count). The van der Waals surface area contributed by atoms with E-state index in [2.05, 4.69) is 22.6 Å². The Morgan fingerprint density at radius 3 is 2.45 bits per heavy atom. The van der Waals surface area contributed by atoms with Crippen LogP contribution in [0.1, 0.15) is 49.4 Å². The van der Waals surface area contributed by atoms with E-state index in [9.17, 15) is 19.8 Å². The first-order valence-electron chi connectivity index (χ1n) is 14.6. The lowest BCUT2D eigenvalue weighted by Gasteiger charge is -2.38. The number of carbonyl (C=O) groups is 2. The van der Waals surface area contributed by atoms with Crippen LogP contribution in [0.3, 0.4) is 0 Å². The molecule has 1 spiro atoms. The van der Waals surface area contributed by atoms with Gasteiger partial charge in [0.2, 0.25) is 5.91 Å². The van der Waals surface area contributed by atoms with Gasteiger partial charge >= 0.3 is 0 Å². The van der Waals surface area contributed by atoms with Crippen LogP contribution in [0.5, 0.6) is 0 Å². The van der Waals surface area contributed by atoms with E-state index in [0.717, 1.165) is 31.5 Å². The summed E-state index contributed by atoms with van der Waals surface area (Å²) in [5.41, 5.74) is 2.25. The molecule has 0 saturated carbocycles. The molecule has 2 N–H and O–H groups in total. The van der Waals surface area contributed by atoms with Gasteiger partial charge < -0.3 is 24.7 Å². The van der Waals surface area contributed by atoms with Crippen LogP contribution in [-0.4, -0.2) is 51.3 Å². The molecule has 42 heavy (non-hydrogen) atoms. The number of hydrogen-bond donors (Lipinski definition) is 2. The van der Waals surface area contributed by atoms with Crippen molar-refractivity contribution in [3.8, 4) is 0 Å². The van der Waals surface area contributed by atoms with Gasteiger partial charge in [-0.15, -0.1) is 0 Å². The first-order valence-corrected chi connectivity index (χ1v) is 15.7. The summed E-state index contributed by atoms with van der Waals surface area (Å²) in [5.74, 6) is -1.21. The highest BCUT2D eigenvalue weighted by Crippen LogP contribution is 2.58. The van der Waals surface area contributed by atoms with Crippen LogP contribution < -0.4 is 4.90 Å². The van der Waals surface area contributed by atoms with Crippen LogP contribution >= 0.6 is 22.6 Å². The van der Waals surface area contributed by atoms with Gasteiger partial charge in [0.1, 0.15) is 0 Å². The number of ether oxygens (including phenoxy) is 1.